The second-order valence-corrected chi connectivity index (χ2v) is 6.52. The van der Waals surface area contributed by atoms with E-state index in [1.54, 1.807) is 0 Å². The predicted octanol–water partition coefficient (Wildman–Crippen LogP) is 1.91. The zero-order valence-corrected chi connectivity index (χ0v) is 11.6. The van der Waals surface area contributed by atoms with Crippen LogP contribution in [0.3, 0.4) is 0 Å². The molecule has 2 saturated heterocycles. The second kappa shape index (κ2) is 5.30. The fraction of sp³-hybridized carbons (Fsp3) is 0.933. The van der Waals surface area contributed by atoms with Crippen molar-refractivity contribution in [2.45, 2.75) is 57.0 Å². The molecular weight excluding hydrogens is 224 g/mol. The second-order valence-electron chi connectivity index (χ2n) is 6.52. The molecule has 18 heavy (non-hydrogen) atoms. The van der Waals surface area contributed by atoms with E-state index in [0.29, 0.717) is 17.7 Å². The van der Waals surface area contributed by atoms with Gasteiger partial charge in [0.1, 0.15) is 5.78 Å². The molecule has 0 aromatic carbocycles. The van der Waals surface area contributed by atoms with E-state index in [4.69, 9.17) is 0 Å². The molecule has 0 radical (unpaired) electrons. The van der Waals surface area contributed by atoms with Crippen LogP contribution in [-0.4, -0.2) is 54.3 Å². The standard InChI is InChI=1S/C15H26N2O/c1-16-13-6-7-14(16)10-17(9-8-13)11-15(18)12-4-2-3-5-12/h12-14H,2-11H2,1H3. The van der Waals surface area contributed by atoms with E-state index in [1.165, 1.54) is 32.1 Å². The molecule has 3 nitrogen and oxygen atoms in total. The van der Waals surface area contributed by atoms with Gasteiger partial charge in [-0.15, -0.1) is 0 Å². The number of likely N-dealkylation sites (N-methyl/N-ethyl adjacent to an activating group) is 1. The molecule has 2 aliphatic heterocycles. The maximum Gasteiger partial charge on any atom is 0.149 e. The Hall–Kier alpha value is -0.410. The maximum absolute atomic E-state index is 12.3. The number of carbonyl (C=O) groups is 1. The molecule has 3 heteroatoms. The summed E-state index contributed by atoms with van der Waals surface area (Å²) in [5.41, 5.74) is 0. The minimum atomic E-state index is 0.392. The first kappa shape index (κ1) is 12.6. The topological polar surface area (TPSA) is 23.6 Å². The largest absolute Gasteiger partial charge is 0.299 e. The molecule has 0 amide bonds. The number of fused-ring (bicyclic) bond motifs is 2. The molecule has 3 aliphatic rings. The van der Waals surface area contributed by atoms with Crippen molar-refractivity contribution in [3.05, 3.63) is 0 Å². The van der Waals surface area contributed by atoms with Crippen LogP contribution in [0.4, 0.5) is 0 Å². The Morgan fingerprint density at radius 1 is 1.06 bits per heavy atom. The van der Waals surface area contributed by atoms with Gasteiger partial charge in [-0.05, 0) is 39.2 Å². The predicted molar refractivity (Wildman–Crippen MR) is 72.6 cm³/mol. The molecule has 0 aromatic heterocycles. The Balaban J connectivity index is 1.55. The van der Waals surface area contributed by atoms with Crippen LogP contribution in [0.1, 0.15) is 44.9 Å². The number of rotatable bonds is 3. The highest BCUT2D eigenvalue weighted by atomic mass is 16.1. The number of ketones is 1. The van der Waals surface area contributed by atoms with Gasteiger partial charge in [0, 0.05) is 31.1 Å². The Morgan fingerprint density at radius 2 is 1.78 bits per heavy atom. The molecule has 3 fully saturated rings. The van der Waals surface area contributed by atoms with Crippen LogP contribution >= 0.6 is 0 Å². The van der Waals surface area contributed by atoms with Gasteiger partial charge < -0.3 is 0 Å². The zero-order chi connectivity index (χ0) is 12.5. The zero-order valence-electron chi connectivity index (χ0n) is 11.6. The van der Waals surface area contributed by atoms with Gasteiger partial charge >= 0.3 is 0 Å². The third-order valence-corrected chi connectivity index (χ3v) is 5.42. The molecule has 2 atom stereocenters. The summed E-state index contributed by atoms with van der Waals surface area (Å²) in [6, 6.07) is 1.48. The Morgan fingerprint density at radius 3 is 2.56 bits per heavy atom. The number of carbonyl (C=O) groups excluding carboxylic acids is 1. The minimum absolute atomic E-state index is 0.392. The van der Waals surface area contributed by atoms with Crippen molar-refractivity contribution >= 4 is 5.78 Å². The molecule has 2 bridgehead atoms. The highest BCUT2D eigenvalue weighted by Gasteiger charge is 2.35. The summed E-state index contributed by atoms with van der Waals surface area (Å²) in [5, 5.41) is 0. The van der Waals surface area contributed by atoms with Gasteiger partial charge in [0.05, 0.1) is 6.54 Å². The van der Waals surface area contributed by atoms with E-state index in [9.17, 15) is 4.79 Å². The van der Waals surface area contributed by atoms with Crippen LogP contribution in [0.25, 0.3) is 0 Å². The van der Waals surface area contributed by atoms with Gasteiger partial charge in [-0.2, -0.15) is 0 Å². The summed E-state index contributed by atoms with van der Waals surface area (Å²) in [4.78, 5) is 17.2. The molecule has 1 saturated carbocycles. The lowest BCUT2D eigenvalue weighted by Crippen LogP contribution is -2.39. The first-order chi connectivity index (χ1) is 8.74. The van der Waals surface area contributed by atoms with Crippen LogP contribution in [0.15, 0.2) is 0 Å². The Kier molecular flexibility index (Phi) is 3.71. The molecular formula is C15H26N2O. The first-order valence-corrected chi connectivity index (χ1v) is 7.71. The van der Waals surface area contributed by atoms with Gasteiger partial charge in [0.15, 0.2) is 0 Å². The summed E-state index contributed by atoms with van der Waals surface area (Å²) >= 11 is 0. The lowest BCUT2D eigenvalue weighted by molar-refractivity contribution is -0.123. The summed E-state index contributed by atoms with van der Waals surface area (Å²) in [5.74, 6) is 0.913. The van der Waals surface area contributed by atoms with E-state index >= 15 is 0 Å². The molecule has 3 rings (SSSR count). The summed E-state index contributed by atoms with van der Waals surface area (Å²) in [6.07, 6.45) is 8.79. The lowest BCUT2D eigenvalue weighted by Gasteiger charge is -2.25. The van der Waals surface area contributed by atoms with Gasteiger partial charge in [-0.25, -0.2) is 0 Å². The van der Waals surface area contributed by atoms with Crippen LogP contribution in [0.2, 0.25) is 0 Å². The van der Waals surface area contributed by atoms with Gasteiger partial charge in [0.2, 0.25) is 0 Å². The van der Waals surface area contributed by atoms with Crippen molar-refractivity contribution in [3.8, 4) is 0 Å². The highest BCUT2D eigenvalue weighted by molar-refractivity contribution is 5.83. The van der Waals surface area contributed by atoms with Gasteiger partial charge in [0.25, 0.3) is 0 Å². The fourth-order valence-corrected chi connectivity index (χ4v) is 4.12. The third kappa shape index (κ3) is 2.48. The van der Waals surface area contributed by atoms with E-state index in [1.807, 2.05) is 0 Å². The minimum Gasteiger partial charge on any atom is -0.299 e. The van der Waals surface area contributed by atoms with E-state index in [0.717, 1.165) is 38.5 Å². The third-order valence-electron chi connectivity index (χ3n) is 5.42. The van der Waals surface area contributed by atoms with E-state index in [-0.39, 0.29) is 0 Å². The Bertz CT molecular complexity index is 312. The van der Waals surface area contributed by atoms with Gasteiger partial charge in [-0.1, -0.05) is 12.8 Å². The molecule has 0 aromatic rings. The molecule has 102 valence electrons. The number of Topliss-reactive ketones (excluding diaryl/α,β-unsaturated/α-hetero) is 1. The highest BCUT2D eigenvalue weighted by Crippen LogP contribution is 2.29. The average molecular weight is 250 g/mol. The van der Waals surface area contributed by atoms with Crippen molar-refractivity contribution in [2.24, 2.45) is 5.92 Å². The number of nitrogens with zero attached hydrogens (tertiary/aromatic N) is 2. The number of likely N-dealkylation sites (tertiary alicyclic amines) is 1. The maximum atomic E-state index is 12.3. The van der Waals surface area contributed by atoms with Crippen molar-refractivity contribution in [1.82, 2.24) is 9.80 Å². The van der Waals surface area contributed by atoms with E-state index < -0.39 is 0 Å². The monoisotopic (exact) mass is 250 g/mol. The molecule has 0 N–H and O–H groups in total. The van der Waals surface area contributed by atoms with Crippen molar-refractivity contribution in [2.75, 3.05) is 26.7 Å². The molecule has 2 unspecified atom stereocenters. The summed E-state index contributed by atoms with van der Waals surface area (Å²) in [6.45, 7) is 2.97. The summed E-state index contributed by atoms with van der Waals surface area (Å²) in [7, 11) is 2.27. The SMILES string of the molecule is CN1C2CCC1CN(CC(=O)C1CCCC1)CC2. The molecule has 1 aliphatic carbocycles. The number of hydrogen-bond donors (Lipinski definition) is 0. The quantitative estimate of drug-likeness (QED) is 0.764. The van der Waals surface area contributed by atoms with Crippen LogP contribution in [0.5, 0.6) is 0 Å². The smallest absolute Gasteiger partial charge is 0.149 e. The average Bonchev–Trinajstić information content (AvgIpc) is 2.93. The first-order valence-electron chi connectivity index (χ1n) is 7.71. The Labute approximate surface area is 111 Å². The van der Waals surface area contributed by atoms with Crippen LogP contribution in [0, 0.1) is 5.92 Å². The van der Waals surface area contributed by atoms with Crippen molar-refractivity contribution < 1.29 is 4.79 Å². The normalized spacial score (nSPS) is 34.9. The summed E-state index contributed by atoms with van der Waals surface area (Å²) < 4.78 is 0. The molecule has 2 heterocycles. The lowest BCUT2D eigenvalue weighted by atomic mass is 10.0. The van der Waals surface area contributed by atoms with E-state index in [2.05, 4.69) is 16.8 Å². The number of hydrogen-bond acceptors (Lipinski definition) is 3. The van der Waals surface area contributed by atoms with Crippen molar-refractivity contribution in [1.29, 1.82) is 0 Å². The van der Waals surface area contributed by atoms with Gasteiger partial charge in [-0.3, -0.25) is 14.6 Å². The van der Waals surface area contributed by atoms with Crippen LogP contribution < -0.4 is 0 Å². The van der Waals surface area contributed by atoms with Crippen molar-refractivity contribution in [3.63, 3.8) is 0 Å². The fourth-order valence-electron chi connectivity index (χ4n) is 4.12. The molecule has 0 spiro atoms. The van der Waals surface area contributed by atoms with Crippen LogP contribution in [-0.2, 0) is 4.79 Å².